The predicted octanol–water partition coefficient (Wildman–Crippen LogP) is 14.2. The highest BCUT2D eigenvalue weighted by atomic mass is 15.0. The van der Waals surface area contributed by atoms with E-state index in [0.717, 1.165) is 38.7 Å². The quantitative estimate of drug-likeness (QED) is 0.175. The Morgan fingerprint density at radius 1 is 0.367 bits per heavy atom. The van der Waals surface area contributed by atoms with Gasteiger partial charge in [0.25, 0.3) is 0 Å². The van der Waals surface area contributed by atoms with Gasteiger partial charge in [0, 0.05) is 38.3 Å². The van der Waals surface area contributed by atoms with Gasteiger partial charge < -0.3 is 4.57 Å². The van der Waals surface area contributed by atoms with Gasteiger partial charge in [-0.15, -0.1) is 0 Å². The standard InChI is InChI=1S/C56H38N4/c1-56(2)48-34-51-47(33-46(48)44-30-29-37-17-9-10-20-40(37)52(44)56)43-23-13-14-24-49(43)60(51)50-32-31-45(41-21-11-12-22-42(41)50)55-58-53(38-18-7-4-8-19-38)57-54(59-55)39-27-25-36(26-28-39)35-15-5-3-6-16-35/h3-34H,1-2H3. The third-order valence-corrected chi connectivity index (χ3v) is 12.6. The van der Waals surface area contributed by atoms with Crippen LogP contribution < -0.4 is 0 Å². The molecule has 0 unspecified atom stereocenters. The van der Waals surface area contributed by atoms with E-state index in [0.29, 0.717) is 17.5 Å². The van der Waals surface area contributed by atoms with E-state index in [2.05, 4.69) is 188 Å². The molecular weight excluding hydrogens is 729 g/mol. The Kier molecular flexibility index (Phi) is 7.54. The molecule has 0 saturated carbocycles. The molecule has 60 heavy (non-hydrogen) atoms. The third-order valence-electron chi connectivity index (χ3n) is 12.6. The first-order valence-electron chi connectivity index (χ1n) is 20.6. The van der Waals surface area contributed by atoms with Crippen LogP contribution in [0.2, 0.25) is 0 Å². The molecule has 0 radical (unpaired) electrons. The maximum Gasteiger partial charge on any atom is 0.164 e. The van der Waals surface area contributed by atoms with Gasteiger partial charge in [0.1, 0.15) is 0 Å². The van der Waals surface area contributed by atoms with Crippen LogP contribution in [0.25, 0.3) is 105 Å². The lowest BCUT2D eigenvalue weighted by atomic mass is 9.80. The zero-order chi connectivity index (χ0) is 40.0. The van der Waals surface area contributed by atoms with Crippen molar-refractivity contribution >= 4 is 43.4 Å². The zero-order valence-corrected chi connectivity index (χ0v) is 33.3. The van der Waals surface area contributed by atoms with Crippen LogP contribution in [-0.2, 0) is 5.41 Å². The molecule has 4 nitrogen and oxygen atoms in total. The van der Waals surface area contributed by atoms with E-state index in [1.807, 2.05) is 24.3 Å². The average Bonchev–Trinajstić information content (AvgIpc) is 3.75. The van der Waals surface area contributed by atoms with Gasteiger partial charge in [0.05, 0.1) is 16.7 Å². The van der Waals surface area contributed by atoms with Gasteiger partial charge in [-0.2, -0.15) is 0 Å². The van der Waals surface area contributed by atoms with Crippen LogP contribution in [0.3, 0.4) is 0 Å². The molecule has 282 valence electrons. The van der Waals surface area contributed by atoms with Crippen molar-refractivity contribution in [2.24, 2.45) is 0 Å². The fourth-order valence-electron chi connectivity index (χ4n) is 9.78. The molecule has 2 heterocycles. The summed E-state index contributed by atoms with van der Waals surface area (Å²) in [7, 11) is 0. The maximum atomic E-state index is 5.21. The van der Waals surface area contributed by atoms with E-state index >= 15 is 0 Å². The van der Waals surface area contributed by atoms with E-state index in [9.17, 15) is 0 Å². The molecule has 11 aromatic rings. The molecule has 0 bridgehead atoms. The highest BCUT2D eigenvalue weighted by Crippen LogP contribution is 2.53. The number of nitrogens with zero attached hydrogens (tertiary/aromatic N) is 4. The SMILES string of the molecule is CC1(C)c2cc3c(cc2-c2ccc4ccccc4c21)c1ccccc1n3-c1ccc(-c2nc(-c3ccccc3)nc(-c3ccc(-c4ccccc4)cc3)n2)c2ccccc12. The Bertz CT molecular complexity index is 3490. The number of aromatic nitrogens is 4. The van der Waals surface area contributed by atoms with Gasteiger partial charge in [-0.25, -0.2) is 15.0 Å². The third kappa shape index (κ3) is 5.20. The van der Waals surface area contributed by atoms with Gasteiger partial charge in [-0.3, -0.25) is 0 Å². The summed E-state index contributed by atoms with van der Waals surface area (Å²) in [4.78, 5) is 15.4. The summed E-state index contributed by atoms with van der Waals surface area (Å²) in [5, 5.41) is 7.31. The van der Waals surface area contributed by atoms with E-state index in [-0.39, 0.29) is 5.41 Å². The fraction of sp³-hybridized carbons (Fsp3) is 0.0536. The van der Waals surface area contributed by atoms with Crippen LogP contribution >= 0.6 is 0 Å². The van der Waals surface area contributed by atoms with Crippen molar-refractivity contribution in [2.45, 2.75) is 19.3 Å². The Balaban J connectivity index is 1.05. The summed E-state index contributed by atoms with van der Waals surface area (Å²) in [6, 6.07) is 69.4. The lowest BCUT2D eigenvalue weighted by Crippen LogP contribution is -2.15. The lowest BCUT2D eigenvalue weighted by molar-refractivity contribution is 0.667. The van der Waals surface area contributed by atoms with Crippen molar-refractivity contribution in [1.82, 2.24) is 19.5 Å². The second kappa shape index (κ2) is 13.2. The van der Waals surface area contributed by atoms with E-state index in [4.69, 9.17) is 15.0 Å². The minimum absolute atomic E-state index is 0.179. The van der Waals surface area contributed by atoms with E-state index < -0.39 is 0 Å². The highest BCUT2D eigenvalue weighted by Gasteiger charge is 2.38. The van der Waals surface area contributed by atoms with Gasteiger partial charge in [0.2, 0.25) is 0 Å². The van der Waals surface area contributed by atoms with Gasteiger partial charge in [-0.1, -0.05) is 178 Å². The molecule has 1 aliphatic carbocycles. The number of para-hydroxylation sites is 1. The number of rotatable bonds is 5. The van der Waals surface area contributed by atoms with Crippen molar-refractivity contribution in [3.63, 3.8) is 0 Å². The Labute approximate surface area is 348 Å². The molecule has 9 aromatic carbocycles. The van der Waals surface area contributed by atoms with Gasteiger partial charge in [-0.05, 0) is 79.9 Å². The molecule has 0 N–H and O–H groups in total. The summed E-state index contributed by atoms with van der Waals surface area (Å²) in [5.41, 5.74) is 13.9. The average molecular weight is 767 g/mol. The normalized spacial score (nSPS) is 13.0. The monoisotopic (exact) mass is 766 g/mol. The molecular formula is C56H38N4. The van der Waals surface area contributed by atoms with Crippen LogP contribution in [0.1, 0.15) is 25.0 Å². The summed E-state index contributed by atoms with van der Waals surface area (Å²) < 4.78 is 2.47. The number of hydrogen-bond acceptors (Lipinski definition) is 3. The first-order chi connectivity index (χ1) is 29.5. The largest absolute Gasteiger partial charge is 0.309 e. The van der Waals surface area contributed by atoms with Crippen molar-refractivity contribution in [1.29, 1.82) is 0 Å². The Hall–Kier alpha value is -7.69. The van der Waals surface area contributed by atoms with Crippen molar-refractivity contribution in [2.75, 3.05) is 0 Å². The topological polar surface area (TPSA) is 43.6 Å². The number of benzene rings is 9. The minimum Gasteiger partial charge on any atom is -0.309 e. The lowest BCUT2D eigenvalue weighted by Gasteiger charge is -2.23. The Morgan fingerprint density at radius 2 is 0.917 bits per heavy atom. The molecule has 4 heteroatoms. The summed E-state index contributed by atoms with van der Waals surface area (Å²) in [6.45, 7) is 4.77. The molecule has 0 aliphatic heterocycles. The predicted molar refractivity (Wildman–Crippen MR) is 248 cm³/mol. The van der Waals surface area contributed by atoms with Crippen LogP contribution in [0, 0.1) is 0 Å². The molecule has 0 amide bonds. The van der Waals surface area contributed by atoms with Gasteiger partial charge in [0.15, 0.2) is 17.5 Å². The van der Waals surface area contributed by atoms with Gasteiger partial charge >= 0.3 is 0 Å². The van der Waals surface area contributed by atoms with E-state index in [1.165, 1.54) is 60.4 Å². The number of fused-ring (bicyclic) bond motifs is 9. The second-order valence-electron chi connectivity index (χ2n) is 16.4. The maximum absolute atomic E-state index is 5.21. The first-order valence-corrected chi connectivity index (χ1v) is 20.6. The van der Waals surface area contributed by atoms with Crippen LogP contribution in [-0.4, -0.2) is 19.5 Å². The summed E-state index contributed by atoms with van der Waals surface area (Å²) in [6.07, 6.45) is 0. The zero-order valence-electron chi connectivity index (χ0n) is 33.3. The summed E-state index contributed by atoms with van der Waals surface area (Å²) >= 11 is 0. The minimum atomic E-state index is -0.179. The molecule has 0 fully saturated rings. The van der Waals surface area contributed by atoms with Crippen molar-refractivity contribution < 1.29 is 0 Å². The van der Waals surface area contributed by atoms with Crippen LogP contribution in [0.5, 0.6) is 0 Å². The molecule has 0 saturated heterocycles. The second-order valence-corrected chi connectivity index (χ2v) is 16.4. The first kappa shape index (κ1) is 34.4. The molecule has 1 aliphatic rings. The molecule has 0 spiro atoms. The summed E-state index contributed by atoms with van der Waals surface area (Å²) in [5.74, 6) is 1.92. The van der Waals surface area contributed by atoms with Crippen LogP contribution in [0.15, 0.2) is 194 Å². The van der Waals surface area contributed by atoms with E-state index in [1.54, 1.807) is 0 Å². The Morgan fingerprint density at radius 3 is 1.67 bits per heavy atom. The molecule has 12 rings (SSSR count). The smallest absolute Gasteiger partial charge is 0.164 e. The highest BCUT2D eigenvalue weighted by molar-refractivity contribution is 6.14. The fourth-order valence-corrected chi connectivity index (χ4v) is 9.78. The molecule has 0 atom stereocenters. The van der Waals surface area contributed by atoms with Crippen molar-refractivity contribution in [3.05, 3.63) is 205 Å². The molecule has 2 aromatic heterocycles. The van der Waals surface area contributed by atoms with Crippen molar-refractivity contribution in [3.8, 4) is 62.1 Å². The van der Waals surface area contributed by atoms with Crippen LogP contribution in [0.4, 0.5) is 0 Å². The number of hydrogen-bond donors (Lipinski definition) is 0.